The summed E-state index contributed by atoms with van der Waals surface area (Å²) in [5.41, 5.74) is 0.886. The molecule has 1 amide bonds. The molecule has 0 aliphatic carbocycles. The Morgan fingerprint density at radius 2 is 2.04 bits per heavy atom. The number of benzene rings is 1. The van der Waals surface area contributed by atoms with Crippen LogP contribution in [0.15, 0.2) is 30.5 Å². The molecule has 2 aromatic rings. The second kappa shape index (κ2) is 8.44. The highest BCUT2D eigenvalue weighted by Gasteiger charge is 2.18. The van der Waals surface area contributed by atoms with Crippen molar-refractivity contribution in [2.24, 2.45) is 0 Å². The van der Waals surface area contributed by atoms with E-state index < -0.39 is 0 Å². The van der Waals surface area contributed by atoms with Gasteiger partial charge in [0.2, 0.25) is 0 Å². The second-order valence-electron chi connectivity index (χ2n) is 5.67. The Hall–Kier alpha value is -2.41. The van der Waals surface area contributed by atoms with Crippen LogP contribution in [-0.4, -0.2) is 54.4 Å². The van der Waals surface area contributed by atoms with E-state index >= 15 is 0 Å². The zero-order valence-electron chi connectivity index (χ0n) is 14.3. The SMILES string of the molecule is CCCOc1cn(-c2ccc(F)cc2)nc1C(=O)NCCN(C)C. The molecule has 0 aliphatic rings. The summed E-state index contributed by atoms with van der Waals surface area (Å²) in [7, 11) is 3.87. The Labute approximate surface area is 141 Å². The molecule has 0 radical (unpaired) electrons. The quantitative estimate of drug-likeness (QED) is 0.803. The van der Waals surface area contributed by atoms with Crippen molar-refractivity contribution in [2.75, 3.05) is 33.8 Å². The summed E-state index contributed by atoms with van der Waals surface area (Å²) in [4.78, 5) is 14.3. The lowest BCUT2D eigenvalue weighted by molar-refractivity contribution is 0.0941. The maximum atomic E-state index is 13.1. The number of carbonyl (C=O) groups is 1. The van der Waals surface area contributed by atoms with Gasteiger partial charge >= 0.3 is 0 Å². The van der Waals surface area contributed by atoms with Gasteiger partial charge < -0.3 is 15.0 Å². The van der Waals surface area contributed by atoms with Gasteiger partial charge in [-0.2, -0.15) is 5.10 Å². The van der Waals surface area contributed by atoms with E-state index in [0.29, 0.717) is 24.6 Å². The second-order valence-corrected chi connectivity index (χ2v) is 5.67. The highest BCUT2D eigenvalue weighted by atomic mass is 19.1. The normalized spacial score (nSPS) is 10.9. The van der Waals surface area contributed by atoms with Crippen LogP contribution in [0.4, 0.5) is 4.39 Å². The third-order valence-corrected chi connectivity index (χ3v) is 3.29. The van der Waals surface area contributed by atoms with Crippen molar-refractivity contribution in [1.29, 1.82) is 0 Å². The average Bonchev–Trinajstić information content (AvgIpc) is 2.97. The van der Waals surface area contributed by atoms with Crippen LogP contribution >= 0.6 is 0 Å². The number of ether oxygens (including phenoxy) is 1. The van der Waals surface area contributed by atoms with Crippen molar-refractivity contribution in [2.45, 2.75) is 13.3 Å². The number of carbonyl (C=O) groups excluding carboxylic acids is 1. The molecule has 0 saturated carbocycles. The topological polar surface area (TPSA) is 59.4 Å². The van der Waals surface area contributed by atoms with Crippen molar-refractivity contribution >= 4 is 5.91 Å². The highest BCUT2D eigenvalue weighted by Crippen LogP contribution is 2.20. The zero-order chi connectivity index (χ0) is 17.5. The molecule has 0 fully saturated rings. The minimum atomic E-state index is -0.324. The minimum Gasteiger partial charge on any atom is -0.489 e. The first-order chi connectivity index (χ1) is 11.5. The van der Waals surface area contributed by atoms with Gasteiger partial charge in [0.1, 0.15) is 5.82 Å². The summed E-state index contributed by atoms with van der Waals surface area (Å²) >= 11 is 0. The molecule has 0 bridgehead atoms. The predicted octanol–water partition coefficient (Wildman–Crippen LogP) is 2.09. The van der Waals surface area contributed by atoms with Crippen LogP contribution in [0, 0.1) is 5.82 Å². The largest absolute Gasteiger partial charge is 0.489 e. The van der Waals surface area contributed by atoms with Crippen LogP contribution in [0.3, 0.4) is 0 Å². The Balaban J connectivity index is 2.21. The molecular formula is C17H23FN4O2. The molecule has 1 aromatic heterocycles. The number of nitrogens with one attached hydrogen (secondary N) is 1. The van der Waals surface area contributed by atoms with Gasteiger partial charge in [-0.1, -0.05) is 6.92 Å². The first-order valence-corrected chi connectivity index (χ1v) is 7.92. The fraction of sp³-hybridized carbons (Fsp3) is 0.412. The van der Waals surface area contributed by atoms with E-state index in [1.807, 2.05) is 25.9 Å². The number of rotatable bonds is 8. The average molecular weight is 334 g/mol. The maximum absolute atomic E-state index is 13.1. The van der Waals surface area contributed by atoms with E-state index in [4.69, 9.17) is 4.74 Å². The van der Waals surface area contributed by atoms with Crippen molar-refractivity contribution in [1.82, 2.24) is 20.0 Å². The van der Waals surface area contributed by atoms with Crippen LogP contribution in [-0.2, 0) is 0 Å². The summed E-state index contributed by atoms with van der Waals surface area (Å²) < 4.78 is 20.2. The van der Waals surface area contributed by atoms with Gasteiger partial charge in [0.15, 0.2) is 11.4 Å². The first-order valence-electron chi connectivity index (χ1n) is 7.92. The van der Waals surface area contributed by atoms with Gasteiger partial charge in [0.25, 0.3) is 5.91 Å². The molecule has 7 heteroatoms. The van der Waals surface area contributed by atoms with Crippen LogP contribution in [0.25, 0.3) is 5.69 Å². The Kier molecular flexibility index (Phi) is 6.31. The number of halogens is 1. The number of hydrogen-bond acceptors (Lipinski definition) is 4. The molecule has 0 unspecified atom stereocenters. The summed E-state index contributed by atoms with van der Waals surface area (Å²) in [6.07, 6.45) is 2.47. The minimum absolute atomic E-state index is 0.228. The predicted molar refractivity (Wildman–Crippen MR) is 90.2 cm³/mol. The van der Waals surface area contributed by atoms with Crippen molar-refractivity contribution < 1.29 is 13.9 Å². The third-order valence-electron chi connectivity index (χ3n) is 3.29. The molecule has 130 valence electrons. The number of amides is 1. The zero-order valence-corrected chi connectivity index (χ0v) is 14.3. The maximum Gasteiger partial charge on any atom is 0.275 e. The lowest BCUT2D eigenvalue weighted by Crippen LogP contribution is -2.31. The third kappa shape index (κ3) is 4.79. The number of aromatic nitrogens is 2. The first kappa shape index (κ1) is 17.9. The Morgan fingerprint density at radius 1 is 1.33 bits per heavy atom. The lowest BCUT2D eigenvalue weighted by Gasteiger charge is -2.10. The van der Waals surface area contributed by atoms with Gasteiger partial charge in [0, 0.05) is 13.1 Å². The van der Waals surface area contributed by atoms with E-state index in [2.05, 4.69) is 10.4 Å². The summed E-state index contributed by atoms with van der Waals surface area (Å²) in [6, 6.07) is 5.89. The Bertz CT molecular complexity index is 668. The molecule has 1 heterocycles. The van der Waals surface area contributed by atoms with Crippen molar-refractivity contribution in [3.05, 3.63) is 42.0 Å². The molecular weight excluding hydrogens is 311 g/mol. The summed E-state index contributed by atoms with van der Waals surface area (Å²) in [5, 5.41) is 7.13. The Morgan fingerprint density at radius 3 is 2.67 bits per heavy atom. The van der Waals surface area contributed by atoms with Crippen LogP contribution in [0.2, 0.25) is 0 Å². The molecule has 0 saturated heterocycles. The van der Waals surface area contributed by atoms with Gasteiger partial charge in [-0.3, -0.25) is 4.79 Å². The van der Waals surface area contributed by atoms with Gasteiger partial charge in [0.05, 0.1) is 18.5 Å². The van der Waals surface area contributed by atoms with E-state index in [1.54, 1.807) is 18.3 Å². The molecule has 0 aliphatic heterocycles. The highest BCUT2D eigenvalue weighted by molar-refractivity contribution is 5.94. The van der Waals surface area contributed by atoms with Gasteiger partial charge in [-0.25, -0.2) is 9.07 Å². The van der Waals surface area contributed by atoms with E-state index in [-0.39, 0.29) is 17.4 Å². The van der Waals surface area contributed by atoms with Crippen LogP contribution in [0.1, 0.15) is 23.8 Å². The summed E-state index contributed by atoms with van der Waals surface area (Å²) in [5.74, 6) is -0.192. The van der Waals surface area contributed by atoms with Gasteiger partial charge in [-0.05, 0) is 44.8 Å². The number of likely N-dealkylation sites (N-methyl/N-ethyl adjacent to an activating group) is 1. The molecule has 6 nitrogen and oxygen atoms in total. The van der Waals surface area contributed by atoms with Crippen molar-refractivity contribution in [3.8, 4) is 11.4 Å². The van der Waals surface area contributed by atoms with Gasteiger partial charge in [-0.15, -0.1) is 0 Å². The van der Waals surface area contributed by atoms with E-state index in [1.165, 1.54) is 16.8 Å². The van der Waals surface area contributed by atoms with Crippen LogP contribution < -0.4 is 10.1 Å². The monoisotopic (exact) mass is 334 g/mol. The molecule has 1 N–H and O–H groups in total. The molecule has 24 heavy (non-hydrogen) atoms. The summed E-state index contributed by atoms with van der Waals surface area (Å²) in [6.45, 7) is 3.73. The fourth-order valence-corrected chi connectivity index (χ4v) is 2.04. The lowest BCUT2D eigenvalue weighted by atomic mass is 10.3. The smallest absolute Gasteiger partial charge is 0.275 e. The molecule has 2 rings (SSSR count). The molecule has 0 atom stereocenters. The number of hydrogen-bond donors (Lipinski definition) is 1. The molecule has 1 aromatic carbocycles. The van der Waals surface area contributed by atoms with Crippen LogP contribution in [0.5, 0.6) is 5.75 Å². The fourth-order valence-electron chi connectivity index (χ4n) is 2.04. The van der Waals surface area contributed by atoms with E-state index in [9.17, 15) is 9.18 Å². The molecule has 0 spiro atoms. The standard InChI is InChI=1S/C17H23FN4O2/c1-4-11-24-15-12-22(14-7-5-13(18)6-8-14)20-16(15)17(23)19-9-10-21(2)3/h5-8,12H,4,9-11H2,1-3H3,(H,19,23). The van der Waals surface area contributed by atoms with E-state index in [0.717, 1.165) is 13.0 Å². The number of nitrogens with zero attached hydrogens (tertiary/aromatic N) is 3. The van der Waals surface area contributed by atoms with Crippen molar-refractivity contribution in [3.63, 3.8) is 0 Å².